The number of aromatic nitrogens is 3. The minimum atomic E-state index is -0.950. The van der Waals surface area contributed by atoms with Gasteiger partial charge in [0.25, 0.3) is 0 Å². The van der Waals surface area contributed by atoms with Gasteiger partial charge in [0, 0.05) is 20.0 Å². The first-order valence-corrected chi connectivity index (χ1v) is 6.25. The summed E-state index contributed by atoms with van der Waals surface area (Å²) in [5, 5.41) is 18.2. The van der Waals surface area contributed by atoms with Gasteiger partial charge >= 0.3 is 12.0 Å². The van der Waals surface area contributed by atoms with E-state index in [0.717, 1.165) is 0 Å². The SMILES string of the molecule is CN(C(=O)NCCc1ncn[nH]1)C1COCC1C(=O)O. The molecule has 9 nitrogen and oxygen atoms in total. The van der Waals surface area contributed by atoms with Gasteiger partial charge in [0.05, 0.1) is 19.3 Å². The van der Waals surface area contributed by atoms with Crippen molar-refractivity contribution < 1.29 is 19.4 Å². The van der Waals surface area contributed by atoms with Crippen LogP contribution in [0.25, 0.3) is 0 Å². The predicted octanol–water partition coefficient (Wildman–Crippen LogP) is -0.912. The van der Waals surface area contributed by atoms with Gasteiger partial charge in [0.2, 0.25) is 0 Å². The molecule has 2 rings (SSSR count). The minimum Gasteiger partial charge on any atom is -0.481 e. The summed E-state index contributed by atoms with van der Waals surface area (Å²) >= 11 is 0. The predicted molar refractivity (Wildman–Crippen MR) is 67.0 cm³/mol. The van der Waals surface area contributed by atoms with Crippen molar-refractivity contribution in [2.45, 2.75) is 12.5 Å². The zero-order valence-electron chi connectivity index (χ0n) is 11.1. The molecule has 2 atom stereocenters. The van der Waals surface area contributed by atoms with Gasteiger partial charge in [-0.1, -0.05) is 0 Å². The fourth-order valence-corrected chi connectivity index (χ4v) is 2.07. The number of aliphatic carboxylic acids is 1. The number of hydrogen-bond donors (Lipinski definition) is 3. The molecule has 3 N–H and O–H groups in total. The van der Waals surface area contributed by atoms with Crippen molar-refractivity contribution in [3.63, 3.8) is 0 Å². The number of carbonyl (C=O) groups excluding carboxylic acids is 1. The van der Waals surface area contributed by atoms with Crippen LogP contribution in [0.5, 0.6) is 0 Å². The smallest absolute Gasteiger partial charge is 0.317 e. The maximum absolute atomic E-state index is 11.9. The number of likely N-dealkylation sites (N-methyl/N-ethyl adjacent to an activating group) is 1. The average molecular weight is 283 g/mol. The molecule has 0 saturated carbocycles. The van der Waals surface area contributed by atoms with E-state index in [0.29, 0.717) is 18.8 Å². The molecular formula is C11H17N5O4. The Balaban J connectivity index is 1.80. The number of ether oxygens (including phenoxy) is 1. The summed E-state index contributed by atoms with van der Waals surface area (Å²) in [5.41, 5.74) is 0. The molecule has 2 amide bonds. The Morgan fingerprint density at radius 3 is 3.05 bits per heavy atom. The molecule has 0 radical (unpaired) electrons. The second-order valence-corrected chi connectivity index (χ2v) is 4.57. The zero-order chi connectivity index (χ0) is 14.5. The lowest BCUT2D eigenvalue weighted by atomic mass is 10.0. The van der Waals surface area contributed by atoms with Crippen molar-refractivity contribution in [2.24, 2.45) is 5.92 Å². The van der Waals surface area contributed by atoms with Crippen LogP contribution < -0.4 is 5.32 Å². The number of rotatable bonds is 5. The molecule has 1 aliphatic heterocycles. The molecule has 1 fully saturated rings. The highest BCUT2D eigenvalue weighted by molar-refractivity contribution is 5.77. The molecule has 1 saturated heterocycles. The van der Waals surface area contributed by atoms with Gasteiger partial charge in [-0.25, -0.2) is 9.78 Å². The molecule has 1 aromatic heterocycles. The van der Waals surface area contributed by atoms with E-state index in [4.69, 9.17) is 9.84 Å². The number of hydrogen-bond acceptors (Lipinski definition) is 5. The van der Waals surface area contributed by atoms with Gasteiger partial charge in [0.1, 0.15) is 18.1 Å². The standard InChI is InChI=1S/C11H17N5O4/c1-16(8-5-20-4-7(8)10(17)18)11(19)12-3-2-9-13-6-14-15-9/h6-8H,2-5H2,1H3,(H,12,19)(H,17,18)(H,13,14,15). The molecule has 2 unspecified atom stereocenters. The third kappa shape index (κ3) is 3.23. The van der Waals surface area contributed by atoms with Crippen molar-refractivity contribution in [3.8, 4) is 0 Å². The van der Waals surface area contributed by atoms with Gasteiger partial charge < -0.3 is 20.1 Å². The average Bonchev–Trinajstić information content (AvgIpc) is 3.08. The van der Waals surface area contributed by atoms with Crippen LogP contribution in [-0.4, -0.2) is 70.0 Å². The van der Waals surface area contributed by atoms with Crippen molar-refractivity contribution in [2.75, 3.05) is 26.8 Å². The lowest BCUT2D eigenvalue weighted by Gasteiger charge is -2.26. The Hall–Kier alpha value is -2.16. The molecule has 1 aliphatic rings. The largest absolute Gasteiger partial charge is 0.481 e. The third-order valence-electron chi connectivity index (χ3n) is 3.29. The number of amides is 2. The molecule has 1 aromatic rings. The molecule has 9 heteroatoms. The van der Waals surface area contributed by atoms with Gasteiger partial charge in [-0.2, -0.15) is 5.10 Å². The Bertz CT molecular complexity index is 463. The first-order chi connectivity index (χ1) is 9.59. The maximum atomic E-state index is 11.9. The summed E-state index contributed by atoms with van der Waals surface area (Å²) in [6.45, 7) is 0.766. The number of carboxylic acids is 1. The number of nitrogens with one attached hydrogen (secondary N) is 2. The van der Waals surface area contributed by atoms with E-state index in [-0.39, 0.29) is 19.2 Å². The zero-order valence-corrected chi connectivity index (χ0v) is 11.1. The summed E-state index contributed by atoms with van der Waals surface area (Å²) in [6.07, 6.45) is 1.93. The van der Waals surface area contributed by atoms with E-state index in [9.17, 15) is 9.59 Å². The van der Waals surface area contributed by atoms with Gasteiger partial charge in [-0.3, -0.25) is 9.89 Å². The number of H-pyrrole nitrogens is 1. The molecular weight excluding hydrogens is 266 g/mol. The maximum Gasteiger partial charge on any atom is 0.317 e. The van der Waals surface area contributed by atoms with E-state index in [1.165, 1.54) is 11.2 Å². The van der Waals surface area contributed by atoms with Crippen LogP contribution in [0, 0.1) is 5.92 Å². The highest BCUT2D eigenvalue weighted by atomic mass is 16.5. The van der Waals surface area contributed by atoms with Crippen LogP contribution in [-0.2, 0) is 16.0 Å². The second kappa shape index (κ2) is 6.33. The molecule has 0 aliphatic carbocycles. The monoisotopic (exact) mass is 283 g/mol. The minimum absolute atomic E-state index is 0.135. The van der Waals surface area contributed by atoms with Crippen LogP contribution in [0.15, 0.2) is 6.33 Å². The van der Waals surface area contributed by atoms with Gasteiger partial charge in [0.15, 0.2) is 0 Å². The summed E-state index contributed by atoms with van der Waals surface area (Å²) in [4.78, 5) is 28.3. The lowest BCUT2D eigenvalue weighted by Crippen LogP contribution is -2.48. The molecule has 2 heterocycles. The van der Waals surface area contributed by atoms with E-state index in [1.807, 2.05) is 0 Å². The van der Waals surface area contributed by atoms with Gasteiger partial charge in [-0.15, -0.1) is 0 Å². The van der Waals surface area contributed by atoms with E-state index in [2.05, 4.69) is 20.5 Å². The van der Waals surface area contributed by atoms with Crippen molar-refractivity contribution in [1.82, 2.24) is 25.4 Å². The van der Waals surface area contributed by atoms with Crippen LogP contribution in [0.3, 0.4) is 0 Å². The fraction of sp³-hybridized carbons (Fsp3) is 0.636. The topological polar surface area (TPSA) is 120 Å². The van der Waals surface area contributed by atoms with E-state index in [1.54, 1.807) is 7.05 Å². The van der Waals surface area contributed by atoms with Gasteiger partial charge in [-0.05, 0) is 0 Å². The third-order valence-corrected chi connectivity index (χ3v) is 3.29. The quantitative estimate of drug-likeness (QED) is 0.643. The molecule has 110 valence electrons. The van der Waals surface area contributed by atoms with Crippen LogP contribution in [0.2, 0.25) is 0 Å². The number of carboxylic acid groups (broad SMARTS) is 1. The van der Waals surface area contributed by atoms with E-state index >= 15 is 0 Å². The lowest BCUT2D eigenvalue weighted by molar-refractivity contribution is -0.142. The second-order valence-electron chi connectivity index (χ2n) is 4.57. The molecule has 0 aromatic carbocycles. The molecule has 0 bridgehead atoms. The number of carbonyl (C=O) groups is 2. The van der Waals surface area contributed by atoms with Crippen LogP contribution in [0.4, 0.5) is 4.79 Å². The number of nitrogens with zero attached hydrogens (tertiary/aromatic N) is 3. The van der Waals surface area contributed by atoms with Crippen LogP contribution in [0.1, 0.15) is 5.82 Å². The summed E-state index contributed by atoms with van der Waals surface area (Å²) in [7, 11) is 1.57. The normalized spacial score (nSPS) is 21.6. The van der Waals surface area contributed by atoms with Crippen molar-refractivity contribution in [1.29, 1.82) is 0 Å². The first kappa shape index (κ1) is 14.3. The Kier molecular flexibility index (Phi) is 4.51. The number of aromatic amines is 1. The summed E-state index contributed by atoms with van der Waals surface area (Å²) in [6, 6.07) is -0.774. The highest BCUT2D eigenvalue weighted by Gasteiger charge is 2.38. The summed E-state index contributed by atoms with van der Waals surface area (Å²) in [5.74, 6) is -0.950. The first-order valence-electron chi connectivity index (χ1n) is 6.25. The summed E-state index contributed by atoms with van der Waals surface area (Å²) < 4.78 is 5.14. The van der Waals surface area contributed by atoms with E-state index < -0.39 is 17.9 Å². The molecule has 20 heavy (non-hydrogen) atoms. The van der Waals surface area contributed by atoms with Crippen molar-refractivity contribution in [3.05, 3.63) is 12.2 Å². The Morgan fingerprint density at radius 1 is 1.60 bits per heavy atom. The molecule has 0 spiro atoms. The number of urea groups is 1. The Morgan fingerprint density at radius 2 is 2.40 bits per heavy atom. The highest BCUT2D eigenvalue weighted by Crippen LogP contribution is 2.18. The van der Waals surface area contributed by atoms with Crippen molar-refractivity contribution >= 4 is 12.0 Å². The Labute approximate surface area is 115 Å². The fourth-order valence-electron chi connectivity index (χ4n) is 2.07. The van der Waals surface area contributed by atoms with Crippen LogP contribution >= 0.6 is 0 Å².